The fraction of sp³-hybridized carbons (Fsp3) is 0.0714. The van der Waals surface area contributed by atoms with Gasteiger partial charge in [0.15, 0.2) is 5.75 Å². The SMILES string of the molecule is CN(C(=S)Oc1c(Br)cc(Br)cc1Br)c1ccccc1. The Bertz CT molecular complexity index is 611. The quantitative estimate of drug-likeness (QED) is 0.507. The molecule has 0 heterocycles. The molecule has 0 amide bonds. The van der Waals surface area contributed by atoms with Crippen LogP contribution in [0, 0.1) is 0 Å². The fourth-order valence-electron chi connectivity index (χ4n) is 1.54. The lowest BCUT2D eigenvalue weighted by Crippen LogP contribution is -2.29. The lowest BCUT2D eigenvalue weighted by molar-refractivity contribution is 0.545. The topological polar surface area (TPSA) is 12.5 Å². The lowest BCUT2D eigenvalue weighted by atomic mass is 10.3. The van der Waals surface area contributed by atoms with Crippen LogP contribution in [-0.2, 0) is 0 Å². The second-order valence-corrected chi connectivity index (χ2v) is 6.93. The largest absolute Gasteiger partial charge is 0.429 e. The van der Waals surface area contributed by atoms with Gasteiger partial charge < -0.3 is 9.64 Å². The number of para-hydroxylation sites is 1. The zero-order valence-electron chi connectivity index (χ0n) is 10.4. The van der Waals surface area contributed by atoms with E-state index >= 15 is 0 Å². The maximum Gasteiger partial charge on any atom is 0.269 e. The third-order valence-corrected chi connectivity index (χ3v) is 4.56. The van der Waals surface area contributed by atoms with Gasteiger partial charge in [0.1, 0.15) is 0 Å². The Morgan fingerprint density at radius 2 is 1.60 bits per heavy atom. The molecule has 20 heavy (non-hydrogen) atoms. The molecule has 0 aliphatic heterocycles. The van der Waals surface area contributed by atoms with Crippen molar-refractivity contribution in [3.8, 4) is 5.75 Å². The number of thiocarbonyl (C=S) groups is 1. The Balaban J connectivity index is 2.20. The number of anilines is 1. The van der Waals surface area contributed by atoms with Gasteiger partial charge in [0.25, 0.3) is 5.17 Å². The summed E-state index contributed by atoms with van der Waals surface area (Å²) in [6.45, 7) is 0. The van der Waals surface area contributed by atoms with E-state index in [-0.39, 0.29) is 0 Å². The minimum Gasteiger partial charge on any atom is -0.429 e. The number of ether oxygens (including phenoxy) is 1. The molecule has 2 rings (SSSR count). The van der Waals surface area contributed by atoms with Crippen LogP contribution in [0.3, 0.4) is 0 Å². The number of halogens is 3. The highest BCUT2D eigenvalue weighted by Gasteiger charge is 2.14. The predicted octanol–water partition coefficient (Wildman–Crippen LogP) is 5.77. The average molecular weight is 480 g/mol. The molecule has 2 nitrogen and oxygen atoms in total. The summed E-state index contributed by atoms with van der Waals surface area (Å²) in [6, 6.07) is 13.6. The monoisotopic (exact) mass is 477 g/mol. The molecule has 0 atom stereocenters. The number of benzene rings is 2. The third-order valence-electron chi connectivity index (χ3n) is 2.57. The Morgan fingerprint density at radius 3 is 2.15 bits per heavy atom. The molecule has 0 aliphatic carbocycles. The molecule has 0 fully saturated rings. The summed E-state index contributed by atoms with van der Waals surface area (Å²) >= 11 is 15.7. The second kappa shape index (κ2) is 7.02. The van der Waals surface area contributed by atoms with Crippen molar-refractivity contribution in [2.45, 2.75) is 0 Å². The molecule has 0 aromatic heterocycles. The second-order valence-electron chi connectivity index (χ2n) is 3.96. The Labute approximate surface area is 148 Å². The number of nitrogens with zero attached hydrogens (tertiary/aromatic N) is 1. The zero-order valence-corrected chi connectivity index (χ0v) is 16.0. The molecule has 0 radical (unpaired) electrons. The Kier molecular flexibility index (Phi) is 5.60. The summed E-state index contributed by atoms with van der Waals surface area (Å²) in [7, 11) is 1.87. The first-order valence-electron chi connectivity index (χ1n) is 5.64. The molecule has 104 valence electrons. The molecular formula is C14H10Br3NOS. The van der Waals surface area contributed by atoms with E-state index in [1.54, 1.807) is 0 Å². The van der Waals surface area contributed by atoms with Crippen LogP contribution in [0.1, 0.15) is 0 Å². The van der Waals surface area contributed by atoms with E-state index < -0.39 is 0 Å². The molecule has 2 aromatic carbocycles. The summed E-state index contributed by atoms with van der Waals surface area (Å²) in [5.74, 6) is 0.654. The van der Waals surface area contributed by atoms with Gasteiger partial charge in [0, 0.05) is 17.2 Å². The standard InChI is InChI=1S/C14H10Br3NOS/c1-18(10-5-3-2-4-6-10)14(20)19-13-11(16)7-9(15)8-12(13)17/h2-8H,1H3. The highest BCUT2D eigenvalue weighted by molar-refractivity contribution is 9.11. The van der Waals surface area contributed by atoms with Crippen molar-refractivity contribution in [1.82, 2.24) is 0 Å². The van der Waals surface area contributed by atoms with Crippen LogP contribution in [0.5, 0.6) is 5.75 Å². The van der Waals surface area contributed by atoms with Crippen LogP contribution < -0.4 is 9.64 Å². The van der Waals surface area contributed by atoms with E-state index in [2.05, 4.69) is 47.8 Å². The van der Waals surface area contributed by atoms with Crippen molar-refractivity contribution in [1.29, 1.82) is 0 Å². The summed E-state index contributed by atoms with van der Waals surface area (Å²) in [5, 5.41) is 0.375. The molecule has 0 bridgehead atoms. The first-order chi connectivity index (χ1) is 9.49. The van der Waals surface area contributed by atoms with E-state index in [9.17, 15) is 0 Å². The predicted molar refractivity (Wildman–Crippen MR) is 97.6 cm³/mol. The van der Waals surface area contributed by atoms with Gasteiger partial charge in [-0.05, 0) is 68.3 Å². The normalized spacial score (nSPS) is 10.2. The molecular weight excluding hydrogens is 470 g/mol. The summed E-state index contributed by atoms with van der Waals surface area (Å²) in [6.07, 6.45) is 0. The van der Waals surface area contributed by atoms with Gasteiger partial charge in [-0.25, -0.2) is 0 Å². The molecule has 0 saturated heterocycles. The molecule has 0 unspecified atom stereocenters. The fourth-order valence-corrected chi connectivity index (χ4v) is 4.15. The zero-order chi connectivity index (χ0) is 14.7. The number of rotatable bonds is 2. The van der Waals surface area contributed by atoms with Crippen molar-refractivity contribution in [3.63, 3.8) is 0 Å². The van der Waals surface area contributed by atoms with Crippen LogP contribution in [0.15, 0.2) is 55.9 Å². The molecule has 2 aromatic rings. The Hall–Kier alpha value is -0.430. The van der Waals surface area contributed by atoms with Gasteiger partial charge >= 0.3 is 0 Å². The van der Waals surface area contributed by atoms with E-state index in [0.717, 1.165) is 19.1 Å². The van der Waals surface area contributed by atoms with Gasteiger partial charge in [-0.1, -0.05) is 34.1 Å². The van der Waals surface area contributed by atoms with Crippen molar-refractivity contribution in [3.05, 3.63) is 55.9 Å². The first kappa shape index (κ1) is 15.9. The molecule has 6 heteroatoms. The van der Waals surface area contributed by atoms with Crippen molar-refractivity contribution < 1.29 is 4.74 Å². The summed E-state index contributed by atoms with van der Waals surface area (Å²) < 4.78 is 8.38. The highest BCUT2D eigenvalue weighted by Crippen LogP contribution is 2.36. The van der Waals surface area contributed by atoms with Crippen LogP contribution in [0.2, 0.25) is 0 Å². The van der Waals surface area contributed by atoms with E-state index in [1.165, 1.54) is 0 Å². The first-order valence-corrected chi connectivity index (χ1v) is 8.43. The maximum absolute atomic E-state index is 5.79. The minimum atomic E-state index is 0.375. The van der Waals surface area contributed by atoms with Crippen molar-refractivity contribution in [2.75, 3.05) is 11.9 Å². The lowest BCUT2D eigenvalue weighted by Gasteiger charge is -2.21. The van der Waals surface area contributed by atoms with E-state index in [0.29, 0.717) is 10.9 Å². The molecule has 0 aliphatic rings. The van der Waals surface area contributed by atoms with Gasteiger partial charge in [-0.3, -0.25) is 0 Å². The molecule has 0 saturated carbocycles. The van der Waals surface area contributed by atoms with Gasteiger partial charge in [0.2, 0.25) is 0 Å². The van der Waals surface area contributed by atoms with Crippen LogP contribution in [-0.4, -0.2) is 12.2 Å². The maximum atomic E-state index is 5.79. The van der Waals surface area contributed by atoms with E-state index in [4.69, 9.17) is 17.0 Å². The van der Waals surface area contributed by atoms with Crippen molar-refractivity contribution in [2.24, 2.45) is 0 Å². The van der Waals surface area contributed by atoms with E-state index in [1.807, 2.05) is 54.4 Å². The van der Waals surface area contributed by atoms with Crippen LogP contribution in [0.4, 0.5) is 5.69 Å². The Morgan fingerprint density at radius 1 is 1.05 bits per heavy atom. The van der Waals surface area contributed by atoms with Crippen LogP contribution in [0.25, 0.3) is 0 Å². The highest BCUT2D eigenvalue weighted by atomic mass is 79.9. The molecule has 0 N–H and O–H groups in total. The third kappa shape index (κ3) is 3.81. The summed E-state index contributed by atoms with van der Waals surface area (Å²) in [4.78, 5) is 1.82. The van der Waals surface area contributed by atoms with Gasteiger partial charge in [-0.2, -0.15) is 0 Å². The van der Waals surface area contributed by atoms with Gasteiger partial charge in [0.05, 0.1) is 8.95 Å². The van der Waals surface area contributed by atoms with Gasteiger partial charge in [-0.15, -0.1) is 0 Å². The van der Waals surface area contributed by atoms with Crippen molar-refractivity contribution >= 4 is 70.9 Å². The summed E-state index contributed by atoms with van der Waals surface area (Å²) in [5.41, 5.74) is 0.974. The minimum absolute atomic E-state index is 0.375. The van der Waals surface area contributed by atoms with Crippen LogP contribution >= 0.6 is 60.0 Å². The number of hydrogen-bond acceptors (Lipinski definition) is 2. The number of hydrogen-bond donors (Lipinski definition) is 0. The smallest absolute Gasteiger partial charge is 0.269 e. The average Bonchev–Trinajstić information content (AvgIpc) is 2.42. The molecule has 0 spiro atoms.